The summed E-state index contributed by atoms with van der Waals surface area (Å²) in [7, 11) is 0. The predicted octanol–water partition coefficient (Wildman–Crippen LogP) is 4.00. The third kappa shape index (κ3) is 5.18. The Morgan fingerprint density at radius 3 is 2.87 bits per heavy atom. The summed E-state index contributed by atoms with van der Waals surface area (Å²) in [4.78, 5) is 16.7. The van der Waals surface area contributed by atoms with Crippen molar-refractivity contribution in [2.24, 2.45) is 0 Å². The molecule has 6 nitrogen and oxygen atoms in total. The second kappa shape index (κ2) is 9.45. The number of ether oxygens (including phenoxy) is 3. The molecule has 1 aliphatic rings. The van der Waals surface area contributed by atoms with E-state index in [1.54, 1.807) is 17.4 Å². The van der Waals surface area contributed by atoms with Crippen molar-refractivity contribution in [2.75, 3.05) is 13.2 Å². The second-order valence-electron chi connectivity index (χ2n) is 6.76. The molecule has 2 aromatic carbocycles. The maximum Gasteiger partial charge on any atom is 0.244 e. The van der Waals surface area contributed by atoms with Crippen molar-refractivity contribution in [1.82, 2.24) is 10.3 Å². The van der Waals surface area contributed by atoms with Gasteiger partial charge in [0.15, 0.2) is 11.5 Å². The molecule has 0 radical (unpaired) electrons. The van der Waals surface area contributed by atoms with Crippen LogP contribution >= 0.6 is 11.3 Å². The van der Waals surface area contributed by atoms with Gasteiger partial charge in [-0.25, -0.2) is 4.98 Å². The van der Waals surface area contributed by atoms with E-state index in [1.807, 2.05) is 60.8 Å². The van der Waals surface area contributed by atoms with E-state index in [0.29, 0.717) is 31.3 Å². The maximum absolute atomic E-state index is 12.3. The highest BCUT2D eigenvalue weighted by molar-refractivity contribution is 7.09. The van der Waals surface area contributed by atoms with E-state index >= 15 is 0 Å². The number of nitrogens with one attached hydrogen (secondary N) is 1. The minimum atomic E-state index is -0.227. The van der Waals surface area contributed by atoms with E-state index in [9.17, 15) is 4.79 Å². The van der Waals surface area contributed by atoms with E-state index in [1.165, 1.54) is 6.08 Å². The normalized spacial score (nSPS) is 15.2. The van der Waals surface area contributed by atoms with Gasteiger partial charge in [0.25, 0.3) is 0 Å². The molecule has 30 heavy (non-hydrogen) atoms. The van der Waals surface area contributed by atoms with Crippen LogP contribution in [0.1, 0.15) is 16.3 Å². The molecular weight excluding hydrogens is 400 g/mol. The summed E-state index contributed by atoms with van der Waals surface area (Å²) in [6, 6.07) is 15.1. The SMILES string of the molecule is Cc1nc(COc2ccccc2/C=C/C(=O)NCC2COc3ccccc3O2)cs1. The lowest BCUT2D eigenvalue weighted by Crippen LogP contribution is -2.40. The molecule has 1 aromatic heterocycles. The zero-order chi connectivity index (χ0) is 20.8. The van der Waals surface area contributed by atoms with Gasteiger partial charge in [0, 0.05) is 17.0 Å². The number of hydrogen-bond acceptors (Lipinski definition) is 6. The van der Waals surface area contributed by atoms with Crippen molar-refractivity contribution in [2.45, 2.75) is 19.6 Å². The minimum Gasteiger partial charge on any atom is -0.487 e. The fourth-order valence-corrected chi connectivity index (χ4v) is 3.58. The first kappa shape index (κ1) is 20.0. The molecule has 1 aliphatic heterocycles. The molecule has 0 saturated carbocycles. The highest BCUT2D eigenvalue weighted by Gasteiger charge is 2.20. The summed E-state index contributed by atoms with van der Waals surface area (Å²) >= 11 is 1.59. The van der Waals surface area contributed by atoms with Crippen LogP contribution in [0.25, 0.3) is 6.08 Å². The summed E-state index contributed by atoms with van der Waals surface area (Å²) in [5.41, 5.74) is 1.72. The number of nitrogens with zero attached hydrogens (tertiary/aromatic N) is 1. The van der Waals surface area contributed by atoms with E-state index in [0.717, 1.165) is 22.0 Å². The van der Waals surface area contributed by atoms with Crippen LogP contribution in [-0.2, 0) is 11.4 Å². The molecule has 7 heteroatoms. The van der Waals surface area contributed by atoms with E-state index in [4.69, 9.17) is 14.2 Å². The lowest BCUT2D eigenvalue weighted by atomic mass is 10.2. The fraction of sp³-hybridized carbons (Fsp3) is 0.217. The Bertz CT molecular complexity index is 1050. The van der Waals surface area contributed by atoms with Crippen molar-refractivity contribution in [3.63, 3.8) is 0 Å². The summed E-state index contributed by atoms with van der Waals surface area (Å²) in [6.07, 6.45) is 3.01. The number of benzene rings is 2. The van der Waals surface area contributed by atoms with Crippen LogP contribution in [0.5, 0.6) is 17.2 Å². The molecular formula is C23H22N2O4S. The topological polar surface area (TPSA) is 69.7 Å². The van der Waals surface area contributed by atoms with Crippen LogP contribution in [0, 0.1) is 6.92 Å². The van der Waals surface area contributed by atoms with Gasteiger partial charge in [-0.3, -0.25) is 4.79 Å². The largest absolute Gasteiger partial charge is 0.487 e. The zero-order valence-corrected chi connectivity index (χ0v) is 17.4. The molecule has 1 N–H and O–H groups in total. The van der Waals surface area contributed by atoms with Gasteiger partial charge >= 0.3 is 0 Å². The molecule has 0 fully saturated rings. The first-order chi connectivity index (χ1) is 14.7. The van der Waals surface area contributed by atoms with Crippen LogP contribution in [0.2, 0.25) is 0 Å². The monoisotopic (exact) mass is 422 g/mol. The molecule has 0 aliphatic carbocycles. The number of carbonyl (C=O) groups excluding carboxylic acids is 1. The van der Waals surface area contributed by atoms with Crippen LogP contribution in [0.15, 0.2) is 60.0 Å². The summed E-state index contributed by atoms with van der Waals surface area (Å²) in [6.45, 7) is 3.11. The molecule has 2 heterocycles. The van der Waals surface area contributed by atoms with Gasteiger partial charge in [0.05, 0.1) is 17.2 Å². The minimum absolute atomic E-state index is 0.206. The van der Waals surface area contributed by atoms with Crippen LogP contribution in [-0.4, -0.2) is 30.1 Å². The van der Waals surface area contributed by atoms with E-state index < -0.39 is 0 Å². The number of carbonyl (C=O) groups is 1. The smallest absolute Gasteiger partial charge is 0.244 e. The number of aromatic nitrogens is 1. The lowest BCUT2D eigenvalue weighted by Gasteiger charge is -2.26. The Morgan fingerprint density at radius 1 is 1.23 bits per heavy atom. The number of amides is 1. The Labute approximate surface area is 179 Å². The van der Waals surface area contributed by atoms with Gasteiger partial charge in [-0.2, -0.15) is 0 Å². The number of fused-ring (bicyclic) bond motifs is 1. The van der Waals surface area contributed by atoms with Gasteiger partial charge in [-0.1, -0.05) is 30.3 Å². The molecule has 154 valence electrons. The average Bonchev–Trinajstić information content (AvgIpc) is 3.20. The molecule has 4 rings (SSSR count). The molecule has 1 amide bonds. The summed E-state index contributed by atoms with van der Waals surface area (Å²) in [5, 5.41) is 5.84. The average molecular weight is 423 g/mol. The molecule has 1 unspecified atom stereocenters. The van der Waals surface area contributed by atoms with Gasteiger partial charge in [-0.05, 0) is 31.2 Å². The Kier molecular flexibility index (Phi) is 6.29. The van der Waals surface area contributed by atoms with Gasteiger partial charge < -0.3 is 19.5 Å². The lowest BCUT2D eigenvalue weighted by molar-refractivity contribution is -0.116. The van der Waals surface area contributed by atoms with Gasteiger partial charge in [0.2, 0.25) is 5.91 Å². The third-order valence-corrected chi connectivity index (χ3v) is 5.27. The standard InChI is InChI=1S/C23H22N2O4S/c1-16-25-18(15-30-16)13-27-20-7-3-2-6-17(20)10-11-23(26)24-12-19-14-28-21-8-4-5-9-22(21)29-19/h2-11,15,19H,12-14H2,1H3,(H,24,26)/b11-10+. The van der Waals surface area contributed by atoms with Crippen molar-refractivity contribution < 1.29 is 19.0 Å². The second-order valence-corrected chi connectivity index (χ2v) is 7.82. The number of aryl methyl sites for hydroxylation is 1. The molecule has 3 aromatic rings. The Morgan fingerprint density at radius 2 is 2.03 bits per heavy atom. The van der Waals surface area contributed by atoms with Crippen molar-refractivity contribution in [3.05, 3.63) is 76.3 Å². The van der Waals surface area contributed by atoms with Gasteiger partial charge in [0.1, 0.15) is 25.1 Å². The Hall–Kier alpha value is -3.32. The number of para-hydroxylation sites is 3. The van der Waals surface area contributed by atoms with Crippen molar-refractivity contribution in [1.29, 1.82) is 0 Å². The van der Waals surface area contributed by atoms with Gasteiger partial charge in [-0.15, -0.1) is 11.3 Å². The zero-order valence-electron chi connectivity index (χ0n) is 16.5. The number of hydrogen-bond donors (Lipinski definition) is 1. The highest BCUT2D eigenvalue weighted by Crippen LogP contribution is 2.30. The summed E-state index contributed by atoms with van der Waals surface area (Å²) in [5.74, 6) is 1.92. The van der Waals surface area contributed by atoms with E-state index in [2.05, 4.69) is 10.3 Å². The fourth-order valence-electron chi connectivity index (χ4n) is 2.98. The quantitative estimate of drug-likeness (QED) is 0.583. The van der Waals surface area contributed by atoms with Crippen molar-refractivity contribution in [3.8, 4) is 17.2 Å². The first-order valence-corrected chi connectivity index (χ1v) is 10.5. The van der Waals surface area contributed by atoms with Crippen LogP contribution in [0.4, 0.5) is 0 Å². The molecule has 1 atom stereocenters. The van der Waals surface area contributed by atoms with E-state index in [-0.39, 0.29) is 12.0 Å². The Balaban J connectivity index is 1.30. The maximum atomic E-state index is 12.3. The molecule has 0 saturated heterocycles. The summed E-state index contributed by atoms with van der Waals surface area (Å²) < 4.78 is 17.4. The van der Waals surface area contributed by atoms with Crippen molar-refractivity contribution >= 4 is 23.3 Å². The predicted molar refractivity (Wildman–Crippen MR) is 116 cm³/mol. The number of thiazole rings is 1. The number of rotatable bonds is 7. The first-order valence-electron chi connectivity index (χ1n) is 9.64. The molecule has 0 bridgehead atoms. The molecule has 0 spiro atoms. The van der Waals surface area contributed by atoms with Crippen LogP contribution in [0.3, 0.4) is 0 Å². The highest BCUT2D eigenvalue weighted by atomic mass is 32.1. The van der Waals surface area contributed by atoms with Crippen LogP contribution < -0.4 is 19.5 Å². The third-order valence-electron chi connectivity index (χ3n) is 4.45.